The molecule has 0 saturated heterocycles. The number of likely N-dealkylation sites (N-methyl/N-ethyl adjacent to an activating group) is 1. The Morgan fingerprint density at radius 1 is 1.26 bits per heavy atom. The van der Waals surface area contributed by atoms with Crippen molar-refractivity contribution in [2.75, 3.05) is 7.05 Å². The van der Waals surface area contributed by atoms with Gasteiger partial charge in [-0.15, -0.1) is 0 Å². The molecule has 0 aliphatic rings. The van der Waals surface area contributed by atoms with E-state index in [1.165, 1.54) is 11.9 Å². The number of benzene rings is 1. The second kappa shape index (κ2) is 6.72. The maximum Gasteiger partial charge on any atom is 0.405 e. The highest BCUT2D eigenvalue weighted by Crippen LogP contribution is 2.28. The Bertz CT molecular complexity index is 392. The van der Waals surface area contributed by atoms with E-state index in [0.717, 1.165) is 10.0 Å². The lowest BCUT2D eigenvalue weighted by atomic mass is 10.0. The summed E-state index contributed by atoms with van der Waals surface area (Å²) in [6, 6.07) is 4.68. The summed E-state index contributed by atoms with van der Waals surface area (Å²) in [5.41, 5.74) is 6.44. The monoisotopic (exact) mass is 338 g/mol. The van der Waals surface area contributed by atoms with Gasteiger partial charge in [-0.2, -0.15) is 13.2 Å². The first-order valence-electron chi connectivity index (χ1n) is 6.02. The lowest BCUT2D eigenvalue weighted by Gasteiger charge is -2.33. The van der Waals surface area contributed by atoms with Gasteiger partial charge in [-0.25, -0.2) is 0 Å². The summed E-state index contributed by atoms with van der Waals surface area (Å²) in [6.45, 7) is 1.88. The van der Waals surface area contributed by atoms with Crippen LogP contribution in [0.1, 0.15) is 18.9 Å². The van der Waals surface area contributed by atoms with Crippen LogP contribution in [0.5, 0.6) is 0 Å². The molecule has 0 aliphatic carbocycles. The highest BCUT2D eigenvalue weighted by atomic mass is 79.9. The van der Waals surface area contributed by atoms with Gasteiger partial charge in [-0.1, -0.05) is 35.0 Å². The van der Waals surface area contributed by atoms with Crippen molar-refractivity contribution in [2.45, 2.75) is 38.1 Å². The standard InChI is InChI=1S/C13H18BrF3N2/c1-3-11(18)12(13(15,16)17)19(2)8-9-4-6-10(14)7-5-9/h4-7,11-12H,3,8,18H2,1-2H3. The predicted octanol–water partition coefficient (Wildman–Crippen LogP) is 3.55. The normalized spacial score (nSPS) is 15.6. The van der Waals surface area contributed by atoms with Gasteiger partial charge < -0.3 is 5.73 Å². The molecule has 0 fully saturated rings. The molecule has 2 atom stereocenters. The van der Waals surface area contributed by atoms with Crippen molar-refractivity contribution in [1.82, 2.24) is 4.90 Å². The van der Waals surface area contributed by atoms with Gasteiger partial charge >= 0.3 is 6.18 Å². The fraction of sp³-hybridized carbons (Fsp3) is 0.538. The topological polar surface area (TPSA) is 29.3 Å². The Balaban J connectivity index is 2.82. The van der Waals surface area contributed by atoms with E-state index in [9.17, 15) is 13.2 Å². The van der Waals surface area contributed by atoms with Crippen molar-refractivity contribution >= 4 is 15.9 Å². The number of rotatable bonds is 5. The van der Waals surface area contributed by atoms with Gasteiger partial charge in [0.15, 0.2) is 0 Å². The van der Waals surface area contributed by atoms with Gasteiger partial charge in [-0.05, 0) is 31.2 Å². The molecule has 108 valence electrons. The number of alkyl halides is 3. The highest BCUT2D eigenvalue weighted by molar-refractivity contribution is 9.10. The summed E-state index contributed by atoms with van der Waals surface area (Å²) >= 11 is 3.29. The molecule has 6 heteroatoms. The maximum absolute atomic E-state index is 13.0. The molecule has 0 heterocycles. The van der Waals surface area contributed by atoms with E-state index in [1.54, 1.807) is 19.1 Å². The number of nitrogens with two attached hydrogens (primary N) is 1. The Labute approximate surface area is 119 Å². The zero-order valence-corrected chi connectivity index (χ0v) is 12.5. The molecular weight excluding hydrogens is 321 g/mol. The second-order valence-electron chi connectivity index (χ2n) is 4.60. The Morgan fingerprint density at radius 2 is 1.79 bits per heavy atom. The number of halogens is 4. The van der Waals surface area contributed by atoms with Crippen LogP contribution in [0.3, 0.4) is 0 Å². The van der Waals surface area contributed by atoms with Crippen molar-refractivity contribution in [2.24, 2.45) is 5.73 Å². The zero-order valence-electron chi connectivity index (χ0n) is 10.9. The first kappa shape index (κ1) is 16.5. The van der Waals surface area contributed by atoms with Gasteiger partial charge in [0.2, 0.25) is 0 Å². The van der Waals surface area contributed by atoms with Crippen molar-refractivity contribution in [3.63, 3.8) is 0 Å². The highest BCUT2D eigenvalue weighted by Gasteiger charge is 2.45. The lowest BCUT2D eigenvalue weighted by molar-refractivity contribution is -0.187. The van der Waals surface area contributed by atoms with Crippen molar-refractivity contribution in [3.8, 4) is 0 Å². The van der Waals surface area contributed by atoms with E-state index in [4.69, 9.17) is 5.73 Å². The first-order valence-corrected chi connectivity index (χ1v) is 6.82. The fourth-order valence-electron chi connectivity index (χ4n) is 2.02. The summed E-state index contributed by atoms with van der Waals surface area (Å²) in [4.78, 5) is 1.26. The summed E-state index contributed by atoms with van der Waals surface area (Å²) in [5.74, 6) is 0. The third-order valence-electron chi connectivity index (χ3n) is 3.03. The van der Waals surface area contributed by atoms with Crippen LogP contribution in [-0.2, 0) is 6.54 Å². The van der Waals surface area contributed by atoms with Crippen molar-refractivity contribution in [1.29, 1.82) is 0 Å². The lowest BCUT2D eigenvalue weighted by Crippen LogP contribution is -2.54. The molecule has 0 spiro atoms. The first-order chi connectivity index (χ1) is 8.75. The van der Waals surface area contributed by atoms with E-state index in [2.05, 4.69) is 15.9 Å². The van der Waals surface area contributed by atoms with Crippen LogP contribution in [0.15, 0.2) is 28.7 Å². The molecule has 0 aromatic heterocycles. The molecule has 1 rings (SSSR count). The molecular formula is C13H18BrF3N2. The Hall–Kier alpha value is -0.590. The molecule has 2 unspecified atom stereocenters. The smallest absolute Gasteiger partial charge is 0.326 e. The zero-order chi connectivity index (χ0) is 14.6. The molecule has 1 aromatic rings. The molecule has 0 saturated carbocycles. The van der Waals surface area contributed by atoms with Gasteiger partial charge in [0.05, 0.1) is 0 Å². The molecule has 0 aliphatic heterocycles. The summed E-state index contributed by atoms with van der Waals surface area (Å²) in [7, 11) is 1.45. The second-order valence-corrected chi connectivity index (χ2v) is 5.52. The summed E-state index contributed by atoms with van der Waals surface area (Å²) in [5, 5.41) is 0. The van der Waals surface area contributed by atoms with E-state index in [-0.39, 0.29) is 13.0 Å². The van der Waals surface area contributed by atoms with E-state index < -0.39 is 18.3 Å². The number of hydrogen-bond donors (Lipinski definition) is 1. The van der Waals surface area contributed by atoms with Crippen LogP contribution in [0.2, 0.25) is 0 Å². The number of nitrogens with zero attached hydrogens (tertiary/aromatic N) is 1. The predicted molar refractivity (Wildman–Crippen MR) is 73.7 cm³/mol. The molecule has 2 nitrogen and oxygen atoms in total. The molecule has 0 radical (unpaired) electrons. The quantitative estimate of drug-likeness (QED) is 0.889. The van der Waals surface area contributed by atoms with Crippen LogP contribution in [0, 0.1) is 0 Å². The van der Waals surface area contributed by atoms with Gasteiger partial charge in [0, 0.05) is 17.1 Å². The van der Waals surface area contributed by atoms with Gasteiger partial charge in [-0.3, -0.25) is 4.90 Å². The third kappa shape index (κ3) is 4.78. The molecule has 0 bridgehead atoms. The molecule has 1 aromatic carbocycles. The summed E-state index contributed by atoms with van der Waals surface area (Å²) in [6.07, 6.45) is -4.03. The average molecular weight is 339 g/mol. The van der Waals surface area contributed by atoms with Crippen molar-refractivity contribution < 1.29 is 13.2 Å². The average Bonchev–Trinajstić information content (AvgIpc) is 2.30. The fourth-order valence-corrected chi connectivity index (χ4v) is 2.28. The van der Waals surface area contributed by atoms with E-state index >= 15 is 0 Å². The largest absolute Gasteiger partial charge is 0.405 e. The Morgan fingerprint density at radius 3 is 2.21 bits per heavy atom. The van der Waals surface area contributed by atoms with Gasteiger partial charge in [0.1, 0.15) is 6.04 Å². The number of hydrogen-bond acceptors (Lipinski definition) is 2. The van der Waals surface area contributed by atoms with Crippen molar-refractivity contribution in [3.05, 3.63) is 34.3 Å². The van der Waals surface area contributed by atoms with Crippen LogP contribution in [0.25, 0.3) is 0 Å². The molecule has 19 heavy (non-hydrogen) atoms. The summed E-state index contributed by atoms with van der Waals surface area (Å²) < 4.78 is 40.0. The minimum absolute atomic E-state index is 0.213. The van der Waals surface area contributed by atoms with Gasteiger partial charge in [0.25, 0.3) is 0 Å². The van der Waals surface area contributed by atoms with Crippen LogP contribution in [0.4, 0.5) is 13.2 Å². The van der Waals surface area contributed by atoms with E-state index in [1.807, 2.05) is 12.1 Å². The SMILES string of the molecule is CCC(N)C(N(C)Cc1ccc(Br)cc1)C(F)(F)F. The van der Waals surface area contributed by atoms with Crippen LogP contribution in [-0.4, -0.2) is 30.2 Å². The van der Waals surface area contributed by atoms with E-state index in [0.29, 0.717) is 0 Å². The molecule has 2 N–H and O–H groups in total. The minimum atomic E-state index is -4.32. The van der Waals surface area contributed by atoms with Crippen LogP contribution < -0.4 is 5.73 Å². The Kier molecular flexibility index (Phi) is 5.82. The third-order valence-corrected chi connectivity index (χ3v) is 3.56. The molecule has 0 amide bonds. The minimum Gasteiger partial charge on any atom is -0.326 e. The van der Waals surface area contributed by atoms with Crippen LogP contribution >= 0.6 is 15.9 Å². The maximum atomic E-state index is 13.0.